The van der Waals surface area contributed by atoms with Crippen LogP contribution in [0.4, 0.5) is 0 Å². The fraction of sp³-hybridized carbons (Fsp3) is 0.811. The first-order valence-electron chi connectivity index (χ1n) is 17.9. The Labute approximate surface area is 289 Å². The minimum atomic E-state index is -1.25. The van der Waals surface area contributed by atoms with E-state index in [-0.39, 0.29) is 29.5 Å². The molecule has 12 nitrogen and oxygen atoms in total. The Morgan fingerprint density at radius 1 is 0.735 bits per heavy atom. The largest absolute Gasteiger partial charge is 0.466 e. The molecule has 1 heterocycles. The van der Waals surface area contributed by atoms with Crippen molar-refractivity contribution in [1.29, 1.82) is 0 Å². The zero-order chi connectivity index (χ0) is 35.7. The van der Waals surface area contributed by atoms with E-state index in [2.05, 4.69) is 19.9 Å². The Morgan fingerprint density at radius 3 is 2.02 bits per heavy atom. The molecule has 274 valence electrons. The second kappa shape index (κ2) is 15.1. The summed E-state index contributed by atoms with van der Waals surface area (Å²) in [6.45, 7) is 9.49. The van der Waals surface area contributed by atoms with Crippen molar-refractivity contribution in [3.05, 3.63) is 12.2 Å². The van der Waals surface area contributed by atoms with E-state index >= 15 is 0 Å². The highest BCUT2D eigenvalue weighted by atomic mass is 16.7. The fourth-order valence-corrected chi connectivity index (χ4v) is 10.4. The molecule has 0 aromatic rings. The second-order valence-electron chi connectivity index (χ2n) is 15.4. The molecule has 5 rings (SSSR count). The lowest BCUT2D eigenvalue weighted by molar-refractivity contribution is -0.321. The number of esters is 5. The van der Waals surface area contributed by atoms with Gasteiger partial charge in [0.05, 0.1) is 13.2 Å². The first-order chi connectivity index (χ1) is 23.2. The summed E-state index contributed by atoms with van der Waals surface area (Å²) in [6, 6.07) is 0. The van der Waals surface area contributed by atoms with Gasteiger partial charge in [-0.1, -0.05) is 19.9 Å². The fourth-order valence-electron chi connectivity index (χ4n) is 10.4. The molecular weight excluding hydrogens is 636 g/mol. The number of hydrogen-bond acceptors (Lipinski definition) is 12. The Hall–Kier alpha value is -2.99. The van der Waals surface area contributed by atoms with E-state index in [1.165, 1.54) is 47.6 Å². The Bertz CT molecular complexity index is 1300. The van der Waals surface area contributed by atoms with Gasteiger partial charge < -0.3 is 33.2 Å². The zero-order valence-electron chi connectivity index (χ0n) is 30.0. The van der Waals surface area contributed by atoms with Gasteiger partial charge in [0.2, 0.25) is 0 Å². The monoisotopic (exact) mass is 690 g/mol. The van der Waals surface area contributed by atoms with Gasteiger partial charge in [-0.2, -0.15) is 0 Å². The molecule has 0 unspecified atom stereocenters. The molecule has 0 amide bonds. The van der Waals surface area contributed by atoms with E-state index in [1.54, 1.807) is 6.08 Å². The van der Waals surface area contributed by atoms with Gasteiger partial charge >= 0.3 is 29.8 Å². The van der Waals surface area contributed by atoms with Crippen LogP contribution in [0.1, 0.15) is 99.3 Å². The number of carbonyl (C=O) groups excluding carboxylic acids is 5. The second-order valence-corrected chi connectivity index (χ2v) is 15.4. The van der Waals surface area contributed by atoms with Gasteiger partial charge in [-0.3, -0.25) is 19.2 Å². The third-order valence-electron chi connectivity index (χ3n) is 12.6. The van der Waals surface area contributed by atoms with Gasteiger partial charge in [-0.05, 0) is 98.2 Å². The van der Waals surface area contributed by atoms with Crippen LogP contribution in [0.2, 0.25) is 0 Å². The van der Waals surface area contributed by atoms with Crippen LogP contribution in [0.5, 0.6) is 0 Å². The third kappa shape index (κ3) is 7.85. The van der Waals surface area contributed by atoms with Crippen molar-refractivity contribution in [2.75, 3.05) is 13.7 Å². The highest BCUT2D eigenvalue weighted by Gasteiger charge is 2.60. The smallest absolute Gasteiger partial charge is 0.330 e. The van der Waals surface area contributed by atoms with Crippen molar-refractivity contribution < 1.29 is 57.1 Å². The van der Waals surface area contributed by atoms with E-state index in [0.717, 1.165) is 44.9 Å². The lowest BCUT2D eigenvalue weighted by Gasteiger charge is -2.61. The molecule has 5 aliphatic rings. The average molecular weight is 691 g/mol. The molecule has 1 saturated heterocycles. The summed E-state index contributed by atoms with van der Waals surface area (Å²) < 4.78 is 39.7. The molecule has 0 spiro atoms. The number of hydrogen-bond donors (Lipinski definition) is 0. The summed E-state index contributed by atoms with van der Waals surface area (Å²) in [5.41, 5.74) is 0.343. The number of allylic oxidation sites excluding steroid dienone is 1. The lowest BCUT2D eigenvalue weighted by Crippen LogP contribution is -2.63. The first kappa shape index (κ1) is 37.3. The predicted octanol–water partition coefficient (Wildman–Crippen LogP) is 4.84. The minimum absolute atomic E-state index is 0.158. The van der Waals surface area contributed by atoms with Crippen LogP contribution in [-0.4, -0.2) is 80.4 Å². The van der Waals surface area contributed by atoms with Crippen LogP contribution in [0.3, 0.4) is 0 Å². The van der Waals surface area contributed by atoms with Crippen molar-refractivity contribution in [2.45, 2.75) is 136 Å². The molecule has 13 atom stereocenters. The highest BCUT2D eigenvalue weighted by molar-refractivity contribution is 5.81. The molecule has 49 heavy (non-hydrogen) atoms. The summed E-state index contributed by atoms with van der Waals surface area (Å²) in [5.74, 6) is -0.151. The summed E-state index contributed by atoms with van der Waals surface area (Å²) in [7, 11) is 1.42. The molecular formula is C37H54O12. The molecule has 12 heteroatoms. The van der Waals surface area contributed by atoms with E-state index in [0.29, 0.717) is 29.6 Å². The topological polar surface area (TPSA) is 150 Å². The predicted molar refractivity (Wildman–Crippen MR) is 173 cm³/mol. The van der Waals surface area contributed by atoms with Crippen LogP contribution in [0.15, 0.2) is 12.2 Å². The normalized spacial score (nSPS) is 41.4. The quantitative estimate of drug-likeness (QED) is 0.141. The Balaban J connectivity index is 1.32. The maximum atomic E-state index is 12.3. The van der Waals surface area contributed by atoms with Crippen molar-refractivity contribution in [3.8, 4) is 0 Å². The SMILES string of the molecule is COC(=O)/C=C/[C@H]1CC[C@H]2[C@@H]3CC[C@@H]4C[C@@H](O[C@@H]5O[C@H](COC(C)=O)[C@@H](OC(C)=O)[C@H](OC(C)=O)[C@H]5OC(C)=O)CC[C@]4(C)[C@H]3CC[C@]12C. The first-order valence-corrected chi connectivity index (χ1v) is 17.9. The van der Waals surface area contributed by atoms with Crippen LogP contribution < -0.4 is 0 Å². The van der Waals surface area contributed by atoms with Crippen molar-refractivity contribution in [1.82, 2.24) is 0 Å². The van der Waals surface area contributed by atoms with Crippen LogP contribution >= 0.6 is 0 Å². The van der Waals surface area contributed by atoms with Crippen molar-refractivity contribution in [2.24, 2.45) is 40.4 Å². The molecule has 0 bridgehead atoms. The number of rotatable bonds is 9. The van der Waals surface area contributed by atoms with E-state index < -0.39 is 54.6 Å². The van der Waals surface area contributed by atoms with Gasteiger partial charge in [0.25, 0.3) is 0 Å². The molecule has 1 aliphatic heterocycles. The van der Waals surface area contributed by atoms with Crippen LogP contribution in [0, 0.1) is 40.4 Å². The molecule has 0 aromatic carbocycles. The molecule has 4 saturated carbocycles. The van der Waals surface area contributed by atoms with E-state index in [4.69, 9.17) is 33.2 Å². The summed E-state index contributed by atoms with van der Waals surface area (Å²) in [6.07, 6.45) is 7.00. The zero-order valence-corrected chi connectivity index (χ0v) is 30.0. The van der Waals surface area contributed by atoms with E-state index in [9.17, 15) is 24.0 Å². The van der Waals surface area contributed by atoms with Crippen molar-refractivity contribution >= 4 is 29.8 Å². The summed E-state index contributed by atoms with van der Waals surface area (Å²) in [4.78, 5) is 60.2. The minimum Gasteiger partial charge on any atom is -0.466 e. The average Bonchev–Trinajstić information content (AvgIpc) is 3.37. The third-order valence-corrected chi connectivity index (χ3v) is 12.6. The van der Waals surface area contributed by atoms with Gasteiger partial charge in [-0.25, -0.2) is 4.79 Å². The molecule has 0 radical (unpaired) electrons. The molecule has 5 fully saturated rings. The maximum Gasteiger partial charge on any atom is 0.330 e. The molecule has 0 N–H and O–H groups in total. The standard InChI is InChI=1S/C37H54O12/c1-20(38)44-19-30-32(45-21(2)39)33(46-22(3)40)34(47-23(4)41)35(49-30)48-26-14-16-37(6)25(18-26)8-11-27-28-12-9-24(10-13-31(42)43-7)36(28,5)17-15-29(27)37/h10,13,24-30,32-35H,8-9,11-12,14-19H2,1-7H3/b13-10+/t24-,25-,26+,27+,28+,29+,30-,32-,33+,34-,35-,36-,37+/m1/s1. The van der Waals surface area contributed by atoms with Crippen molar-refractivity contribution in [3.63, 3.8) is 0 Å². The summed E-state index contributed by atoms with van der Waals surface area (Å²) >= 11 is 0. The molecule has 0 aromatic heterocycles. The Kier molecular flexibility index (Phi) is 11.5. The number of ether oxygens (including phenoxy) is 7. The number of carbonyl (C=O) groups is 5. The molecule has 4 aliphatic carbocycles. The Morgan fingerprint density at radius 2 is 1.37 bits per heavy atom. The number of methoxy groups -OCH3 is 1. The highest BCUT2D eigenvalue weighted by Crippen LogP contribution is 2.67. The summed E-state index contributed by atoms with van der Waals surface area (Å²) in [5, 5.41) is 0. The van der Waals surface area contributed by atoms with Gasteiger partial charge in [0.1, 0.15) is 12.7 Å². The van der Waals surface area contributed by atoms with Crippen LogP contribution in [0.25, 0.3) is 0 Å². The van der Waals surface area contributed by atoms with Gasteiger partial charge in [-0.15, -0.1) is 0 Å². The lowest BCUT2D eigenvalue weighted by atomic mass is 9.44. The number of fused-ring (bicyclic) bond motifs is 5. The maximum absolute atomic E-state index is 12.3. The van der Waals surface area contributed by atoms with Gasteiger partial charge in [0, 0.05) is 33.8 Å². The van der Waals surface area contributed by atoms with Crippen LogP contribution in [-0.2, 0) is 57.1 Å². The van der Waals surface area contributed by atoms with E-state index in [1.807, 2.05) is 0 Å². The van der Waals surface area contributed by atoms with Gasteiger partial charge in [0.15, 0.2) is 24.6 Å².